The van der Waals surface area contributed by atoms with Crippen molar-refractivity contribution >= 4 is 12.4 Å². The van der Waals surface area contributed by atoms with E-state index < -0.39 is 35.2 Å². The Morgan fingerprint density at radius 3 is 2.33 bits per heavy atom. The summed E-state index contributed by atoms with van der Waals surface area (Å²) in [5, 5.41) is 2.26. The average molecular weight is 303 g/mol. The molecule has 0 saturated heterocycles. The van der Waals surface area contributed by atoms with E-state index in [9.17, 15) is 22.8 Å². The molecule has 1 aromatic carbocycles. The van der Waals surface area contributed by atoms with Gasteiger partial charge in [-0.3, -0.25) is 0 Å². The Labute approximate surface area is 120 Å². The number of amides is 1. The van der Waals surface area contributed by atoms with Gasteiger partial charge in [-0.05, 0) is 26.8 Å². The highest BCUT2D eigenvalue weighted by molar-refractivity contribution is 5.69. The van der Waals surface area contributed by atoms with Crippen molar-refractivity contribution in [1.82, 2.24) is 5.32 Å². The molecule has 7 heteroatoms. The molecule has 0 saturated carbocycles. The van der Waals surface area contributed by atoms with E-state index in [0.717, 1.165) is 0 Å². The van der Waals surface area contributed by atoms with Gasteiger partial charge in [0.05, 0.1) is 6.04 Å². The minimum Gasteiger partial charge on any atom is -0.444 e. The van der Waals surface area contributed by atoms with E-state index in [-0.39, 0.29) is 12.0 Å². The number of aldehydes is 1. The summed E-state index contributed by atoms with van der Waals surface area (Å²) in [4.78, 5) is 22.3. The number of carbonyl (C=O) groups excluding carboxylic acids is 2. The zero-order chi connectivity index (χ0) is 16.2. The topological polar surface area (TPSA) is 55.4 Å². The van der Waals surface area contributed by atoms with Crippen molar-refractivity contribution < 1.29 is 27.5 Å². The third-order valence-electron chi connectivity index (χ3n) is 2.44. The molecule has 0 aliphatic carbocycles. The molecule has 1 atom stereocenters. The van der Waals surface area contributed by atoms with Crippen LogP contribution < -0.4 is 5.32 Å². The van der Waals surface area contributed by atoms with Crippen LogP contribution in [0.1, 0.15) is 38.8 Å². The smallest absolute Gasteiger partial charge is 0.408 e. The molecule has 1 N–H and O–H groups in total. The maximum absolute atomic E-state index is 13.7. The Balaban J connectivity index is 2.99. The molecule has 4 nitrogen and oxygen atoms in total. The maximum atomic E-state index is 13.7. The van der Waals surface area contributed by atoms with E-state index in [4.69, 9.17) is 4.74 Å². The number of rotatable bonds is 4. The van der Waals surface area contributed by atoms with Gasteiger partial charge in [-0.25, -0.2) is 18.0 Å². The molecule has 0 bridgehead atoms. The highest BCUT2D eigenvalue weighted by Gasteiger charge is 2.23. The van der Waals surface area contributed by atoms with Crippen molar-refractivity contribution in [2.75, 3.05) is 0 Å². The molecule has 1 amide bonds. The predicted octanol–water partition coefficient (Wildman–Crippen LogP) is 3.26. The molecule has 1 rings (SSSR count). The van der Waals surface area contributed by atoms with E-state index in [2.05, 4.69) is 5.32 Å². The van der Waals surface area contributed by atoms with Gasteiger partial charge in [0.25, 0.3) is 0 Å². The van der Waals surface area contributed by atoms with Crippen molar-refractivity contribution in [3.05, 3.63) is 35.1 Å². The first-order valence-corrected chi connectivity index (χ1v) is 6.21. The van der Waals surface area contributed by atoms with Crippen LogP contribution in [0.3, 0.4) is 0 Å². The molecule has 0 heterocycles. The number of hydrogen-bond acceptors (Lipinski definition) is 3. The highest BCUT2D eigenvalue weighted by atomic mass is 19.2. The number of carbonyl (C=O) groups is 2. The number of hydrogen-bond donors (Lipinski definition) is 1. The summed E-state index contributed by atoms with van der Waals surface area (Å²) in [6, 6.07) is -0.178. The number of ether oxygens (including phenoxy) is 1. The lowest BCUT2D eigenvalue weighted by molar-refractivity contribution is -0.108. The molecule has 0 aliphatic rings. The van der Waals surface area contributed by atoms with Crippen LogP contribution in [0, 0.1) is 17.5 Å². The minimum absolute atomic E-state index is 0.304. The zero-order valence-electron chi connectivity index (χ0n) is 11.9. The molecule has 116 valence electrons. The average Bonchev–Trinajstić information content (AvgIpc) is 2.31. The lowest BCUT2D eigenvalue weighted by Gasteiger charge is -2.23. The number of alkyl carbamates (subject to hydrolysis) is 1. The fraction of sp³-hybridized carbons (Fsp3) is 0.429. The summed E-state index contributed by atoms with van der Waals surface area (Å²) >= 11 is 0. The fourth-order valence-corrected chi connectivity index (χ4v) is 1.61. The summed E-state index contributed by atoms with van der Waals surface area (Å²) < 4.78 is 44.7. The van der Waals surface area contributed by atoms with E-state index in [0.29, 0.717) is 18.4 Å². The van der Waals surface area contributed by atoms with E-state index in [1.807, 2.05) is 0 Å². The van der Waals surface area contributed by atoms with Crippen molar-refractivity contribution in [3.8, 4) is 0 Å². The first-order valence-electron chi connectivity index (χ1n) is 6.21. The Morgan fingerprint density at radius 2 is 1.81 bits per heavy atom. The summed E-state index contributed by atoms with van der Waals surface area (Å²) in [7, 11) is 0. The van der Waals surface area contributed by atoms with E-state index >= 15 is 0 Å². The normalized spacial score (nSPS) is 12.7. The molecule has 21 heavy (non-hydrogen) atoms. The van der Waals surface area contributed by atoms with Crippen LogP contribution in [0.2, 0.25) is 0 Å². The lowest BCUT2D eigenvalue weighted by atomic mass is 10.0. The van der Waals surface area contributed by atoms with Crippen LogP contribution in [0.5, 0.6) is 0 Å². The van der Waals surface area contributed by atoms with Crippen LogP contribution in [-0.4, -0.2) is 18.0 Å². The second kappa shape index (κ2) is 6.60. The first kappa shape index (κ1) is 17.0. The summed E-state index contributed by atoms with van der Waals surface area (Å²) in [6.45, 7) is 4.87. The standard InChI is InChI=1S/C14H16F3NO3/c1-14(2,3)21-13(20)18-12(4-5-19)8-6-10(16)11(17)7-9(8)15/h5-7,12H,4H2,1-3H3,(H,18,20)/t12-/m1/s1. The van der Waals surface area contributed by atoms with Crippen molar-refractivity contribution in [1.29, 1.82) is 0 Å². The molecular formula is C14H16F3NO3. The molecule has 0 radical (unpaired) electrons. The summed E-state index contributed by atoms with van der Waals surface area (Å²) in [5.74, 6) is -3.68. The van der Waals surface area contributed by atoms with Gasteiger partial charge in [-0.15, -0.1) is 0 Å². The monoisotopic (exact) mass is 303 g/mol. The van der Waals surface area contributed by atoms with Crippen molar-refractivity contribution in [3.63, 3.8) is 0 Å². The molecule has 0 spiro atoms. The van der Waals surface area contributed by atoms with Gasteiger partial charge in [0.2, 0.25) is 0 Å². The van der Waals surface area contributed by atoms with Crippen molar-refractivity contribution in [2.24, 2.45) is 0 Å². The van der Waals surface area contributed by atoms with Gasteiger partial charge in [-0.1, -0.05) is 0 Å². The van der Waals surface area contributed by atoms with Gasteiger partial charge in [0.1, 0.15) is 17.7 Å². The van der Waals surface area contributed by atoms with Gasteiger partial charge < -0.3 is 14.8 Å². The van der Waals surface area contributed by atoms with Gasteiger partial charge in [0, 0.05) is 18.1 Å². The summed E-state index contributed by atoms with van der Waals surface area (Å²) in [5.41, 5.74) is -1.12. The van der Waals surface area contributed by atoms with Gasteiger partial charge in [0.15, 0.2) is 11.6 Å². The Kier molecular flexibility index (Phi) is 5.34. The second-order valence-electron chi connectivity index (χ2n) is 5.39. The lowest BCUT2D eigenvalue weighted by Crippen LogP contribution is -2.35. The Morgan fingerprint density at radius 1 is 1.24 bits per heavy atom. The van der Waals surface area contributed by atoms with Crippen LogP contribution in [0.4, 0.5) is 18.0 Å². The number of benzene rings is 1. The second-order valence-corrected chi connectivity index (χ2v) is 5.39. The van der Waals surface area contributed by atoms with Crippen LogP contribution in [0.15, 0.2) is 12.1 Å². The molecule has 0 aliphatic heterocycles. The largest absolute Gasteiger partial charge is 0.444 e. The first-order chi connectivity index (χ1) is 9.64. The Hall–Kier alpha value is -2.05. The van der Waals surface area contributed by atoms with Crippen molar-refractivity contribution in [2.45, 2.75) is 38.8 Å². The SMILES string of the molecule is CC(C)(C)OC(=O)N[C@H](CC=O)c1cc(F)c(F)cc1F. The highest BCUT2D eigenvalue weighted by Crippen LogP contribution is 2.23. The van der Waals surface area contributed by atoms with Gasteiger partial charge in [-0.2, -0.15) is 0 Å². The Bertz CT molecular complexity index is 541. The minimum atomic E-state index is -1.35. The molecule has 0 fully saturated rings. The molecular weight excluding hydrogens is 287 g/mol. The van der Waals surface area contributed by atoms with E-state index in [1.165, 1.54) is 0 Å². The van der Waals surface area contributed by atoms with Crippen LogP contribution in [-0.2, 0) is 9.53 Å². The van der Waals surface area contributed by atoms with Crippen LogP contribution in [0.25, 0.3) is 0 Å². The molecule has 0 aromatic heterocycles. The number of nitrogens with one attached hydrogen (secondary N) is 1. The molecule has 0 unspecified atom stereocenters. The number of halogens is 3. The van der Waals surface area contributed by atoms with E-state index in [1.54, 1.807) is 20.8 Å². The zero-order valence-corrected chi connectivity index (χ0v) is 11.9. The van der Waals surface area contributed by atoms with Crippen LogP contribution >= 0.6 is 0 Å². The molecule has 1 aromatic rings. The fourth-order valence-electron chi connectivity index (χ4n) is 1.61. The summed E-state index contributed by atoms with van der Waals surface area (Å²) in [6.07, 6.45) is -0.761. The quantitative estimate of drug-likeness (QED) is 0.686. The van der Waals surface area contributed by atoms with Gasteiger partial charge >= 0.3 is 6.09 Å². The third kappa shape index (κ3) is 5.09. The predicted molar refractivity (Wildman–Crippen MR) is 69.1 cm³/mol. The third-order valence-corrected chi connectivity index (χ3v) is 2.44. The maximum Gasteiger partial charge on any atom is 0.408 e.